The zero-order valence-electron chi connectivity index (χ0n) is 11.3. The quantitative estimate of drug-likeness (QED) is 0.731. The van der Waals surface area contributed by atoms with Gasteiger partial charge in [-0.05, 0) is 73.7 Å². The number of aromatic hydroxyl groups is 2. The molecule has 0 heterocycles. The molecule has 0 aliphatic rings. The van der Waals surface area contributed by atoms with Gasteiger partial charge in [-0.1, -0.05) is 26.0 Å². The summed E-state index contributed by atoms with van der Waals surface area (Å²) in [5.41, 5.74) is 2.04. The van der Waals surface area contributed by atoms with Crippen molar-refractivity contribution >= 4 is 31.9 Å². The fourth-order valence-electron chi connectivity index (χ4n) is 2.28. The Morgan fingerprint density at radius 2 is 1.30 bits per heavy atom. The molecular weight excluding hydrogens is 384 g/mol. The van der Waals surface area contributed by atoms with Gasteiger partial charge in [0.05, 0.1) is 8.95 Å². The molecule has 0 aliphatic heterocycles. The molecule has 0 radical (unpaired) electrons. The molecule has 0 aromatic heterocycles. The average Bonchev–Trinajstić information content (AvgIpc) is 2.44. The number of hydrogen-bond acceptors (Lipinski definition) is 2. The van der Waals surface area contributed by atoms with E-state index >= 15 is 0 Å². The van der Waals surface area contributed by atoms with Crippen LogP contribution in [0.3, 0.4) is 0 Å². The highest BCUT2D eigenvalue weighted by Gasteiger charge is 2.28. The monoisotopic (exact) mass is 398 g/mol. The van der Waals surface area contributed by atoms with E-state index in [1.807, 2.05) is 24.3 Å². The lowest BCUT2D eigenvalue weighted by molar-refractivity contribution is 0.468. The predicted octanol–water partition coefficient (Wildman–Crippen LogP) is 5.34. The van der Waals surface area contributed by atoms with E-state index in [-0.39, 0.29) is 16.9 Å². The average molecular weight is 400 g/mol. The molecule has 0 saturated heterocycles. The Bertz CT molecular complexity index is 587. The summed E-state index contributed by atoms with van der Waals surface area (Å²) in [6.07, 6.45) is 0.904. The second-order valence-corrected chi connectivity index (χ2v) is 6.73. The second kappa shape index (κ2) is 5.78. The van der Waals surface area contributed by atoms with Crippen molar-refractivity contribution in [2.75, 3.05) is 0 Å². The van der Waals surface area contributed by atoms with Gasteiger partial charge < -0.3 is 10.2 Å². The predicted molar refractivity (Wildman–Crippen MR) is 88.4 cm³/mol. The van der Waals surface area contributed by atoms with Crippen LogP contribution < -0.4 is 0 Å². The van der Waals surface area contributed by atoms with E-state index in [2.05, 4.69) is 45.7 Å². The molecule has 2 rings (SSSR count). The van der Waals surface area contributed by atoms with Crippen LogP contribution in [0.1, 0.15) is 31.4 Å². The molecule has 0 atom stereocenters. The summed E-state index contributed by atoms with van der Waals surface area (Å²) in [7, 11) is 0. The molecule has 0 fully saturated rings. The van der Waals surface area contributed by atoms with Gasteiger partial charge in [-0.15, -0.1) is 0 Å². The molecule has 0 saturated carbocycles. The number of benzene rings is 2. The summed E-state index contributed by atoms with van der Waals surface area (Å²) >= 11 is 6.73. The molecule has 0 spiro atoms. The first-order valence-corrected chi connectivity index (χ1v) is 7.95. The van der Waals surface area contributed by atoms with Gasteiger partial charge in [-0.2, -0.15) is 0 Å². The third-order valence-corrected chi connectivity index (χ3v) is 5.15. The highest BCUT2D eigenvalue weighted by atomic mass is 79.9. The normalized spacial score (nSPS) is 11.6. The first kappa shape index (κ1) is 15.4. The molecule has 0 aliphatic carbocycles. The minimum absolute atomic E-state index is 0.188. The Kier molecular flexibility index (Phi) is 4.45. The number of halogens is 2. The summed E-state index contributed by atoms with van der Waals surface area (Å²) < 4.78 is 1.38. The first-order valence-electron chi connectivity index (χ1n) is 6.36. The van der Waals surface area contributed by atoms with Crippen LogP contribution in [0.5, 0.6) is 11.5 Å². The largest absolute Gasteiger partial charge is 0.507 e. The lowest BCUT2D eigenvalue weighted by Gasteiger charge is -2.30. The van der Waals surface area contributed by atoms with E-state index in [4.69, 9.17) is 0 Å². The molecule has 2 aromatic carbocycles. The minimum atomic E-state index is -0.188. The Hall–Kier alpha value is -1.00. The molecule has 20 heavy (non-hydrogen) atoms. The van der Waals surface area contributed by atoms with Crippen molar-refractivity contribution in [1.29, 1.82) is 0 Å². The first-order chi connectivity index (χ1) is 9.38. The van der Waals surface area contributed by atoms with Crippen LogP contribution in [0, 0.1) is 0 Å². The summed E-state index contributed by atoms with van der Waals surface area (Å²) in [5.74, 6) is 0.471. The van der Waals surface area contributed by atoms with Crippen LogP contribution in [-0.2, 0) is 5.41 Å². The van der Waals surface area contributed by atoms with E-state index in [1.54, 1.807) is 12.1 Å². The Balaban J connectivity index is 2.57. The Morgan fingerprint density at radius 1 is 0.900 bits per heavy atom. The van der Waals surface area contributed by atoms with Crippen LogP contribution in [0.2, 0.25) is 0 Å². The lowest BCUT2D eigenvalue weighted by Crippen LogP contribution is -2.22. The molecule has 2 aromatic rings. The minimum Gasteiger partial charge on any atom is -0.507 e. The maximum Gasteiger partial charge on any atom is 0.129 e. The SMILES string of the molecule is CCC(C)(c1ccc(O)c(Br)c1)c1ccc(O)c(Br)c1. The smallest absolute Gasteiger partial charge is 0.129 e. The lowest BCUT2D eigenvalue weighted by atomic mass is 9.74. The van der Waals surface area contributed by atoms with Gasteiger partial charge in [-0.3, -0.25) is 0 Å². The summed E-state index contributed by atoms with van der Waals surface area (Å²) in [6, 6.07) is 11.2. The Labute approximate surface area is 135 Å². The fourth-order valence-corrected chi connectivity index (χ4v) is 3.03. The van der Waals surface area contributed by atoms with Crippen LogP contribution in [0.4, 0.5) is 0 Å². The van der Waals surface area contributed by atoms with Gasteiger partial charge in [0.15, 0.2) is 0 Å². The van der Waals surface area contributed by atoms with Gasteiger partial charge >= 0.3 is 0 Å². The van der Waals surface area contributed by atoms with E-state index in [1.165, 1.54) is 0 Å². The molecule has 4 heteroatoms. The maximum atomic E-state index is 9.65. The number of phenolic OH excluding ortho intramolecular Hbond substituents is 2. The molecule has 0 amide bonds. The third-order valence-electron chi connectivity index (χ3n) is 3.88. The van der Waals surface area contributed by atoms with E-state index < -0.39 is 0 Å². The van der Waals surface area contributed by atoms with Gasteiger partial charge in [0.25, 0.3) is 0 Å². The maximum absolute atomic E-state index is 9.65. The van der Waals surface area contributed by atoms with Gasteiger partial charge in [-0.25, -0.2) is 0 Å². The van der Waals surface area contributed by atoms with E-state index in [0.717, 1.165) is 17.5 Å². The van der Waals surface area contributed by atoms with Crippen molar-refractivity contribution in [3.8, 4) is 11.5 Å². The molecular formula is C16H16Br2O2. The standard InChI is InChI=1S/C16H16Br2O2/c1-3-16(2,10-4-6-14(19)12(17)8-10)11-5-7-15(20)13(18)9-11/h4-9,19-20H,3H2,1-2H3. The number of rotatable bonds is 3. The third kappa shape index (κ3) is 2.72. The molecule has 2 N–H and O–H groups in total. The Morgan fingerprint density at radius 3 is 1.60 bits per heavy atom. The van der Waals surface area contributed by atoms with Crippen molar-refractivity contribution in [2.45, 2.75) is 25.7 Å². The number of phenols is 2. The summed E-state index contributed by atoms with van der Waals surface area (Å²) in [5, 5.41) is 19.3. The van der Waals surface area contributed by atoms with E-state index in [0.29, 0.717) is 8.95 Å². The van der Waals surface area contributed by atoms with Gasteiger partial charge in [0.1, 0.15) is 11.5 Å². The van der Waals surface area contributed by atoms with E-state index in [9.17, 15) is 10.2 Å². The molecule has 106 valence electrons. The zero-order chi connectivity index (χ0) is 14.9. The van der Waals surface area contributed by atoms with Crippen molar-refractivity contribution in [2.24, 2.45) is 0 Å². The van der Waals surface area contributed by atoms with Crippen molar-refractivity contribution in [3.63, 3.8) is 0 Å². The molecule has 0 bridgehead atoms. The summed E-state index contributed by atoms with van der Waals surface area (Å²) in [6.45, 7) is 4.28. The van der Waals surface area contributed by atoms with Crippen LogP contribution in [0.25, 0.3) is 0 Å². The van der Waals surface area contributed by atoms with Crippen LogP contribution in [0.15, 0.2) is 45.3 Å². The van der Waals surface area contributed by atoms with Crippen molar-refractivity contribution in [1.82, 2.24) is 0 Å². The van der Waals surface area contributed by atoms with Crippen molar-refractivity contribution < 1.29 is 10.2 Å². The van der Waals surface area contributed by atoms with Gasteiger partial charge in [0.2, 0.25) is 0 Å². The molecule has 0 unspecified atom stereocenters. The topological polar surface area (TPSA) is 40.5 Å². The van der Waals surface area contributed by atoms with Gasteiger partial charge in [0, 0.05) is 5.41 Å². The fraction of sp³-hybridized carbons (Fsp3) is 0.250. The molecule has 2 nitrogen and oxygen atoms in total. The second-order valence-electron chi connectivity index (χ2n) is 5.02. The van der Waals surface area contributed by atoms with Crippen LogP contribution in [-0.4, -0.2) is 10.2 Å². The number of hydrogen-bond donors (Lipinski definition) is 2. The highest BCUT2D eigenvalue weighted by Crippen LogP contribution is 2.40. The highest BCUT2D eigenvalue weighted by molar-refractivity contribution is 9.10. The summed E-state index contributed by atoms with van der Waals surface area (Å²) in [4.78, 5) is 0. The van der Waals surface area contributed by atoms with Crippen molar-refractivity contribution in [3.05, 3.63) is 56.5 Å². The van der Waals surface area contributed by atoms with Crippen LogP contribution >= 0.6 is 31.9 Å². The zero-order valence-corrected chi connectivity index (χ0v) is 14.5.